The quantitative estimate of drug-likeness (QED) is 0.694. The molecule has 3 nitrogen and oxygen atoms in total. The average Bonchev–Trinajstić information content (AvgIpc) is 3.05. The summed E-state index contributed by atoms with van der Waals surface area (Å²) in [5.41, 5.74) is 4.56. The largest absolute Gasteiger partial charge is 0.351 e. The molecule has 0 aliphatic carbocycles. The third-order valence-electron chi connectivity index (χ3n) is 4.44. The van der Waals surface area contributed by atoms with Crippen LogP contribution in [0.4, 0.5) is 0 Å². The minimum absolute atomic E-state index is 0.00475. The molecule has 0 bridgehead atoms. The Hall–Kier alpha value is -2.07. The first-order chi connectivity index (χ1) is 11.8. The van der Waals surface area contributed by atoms with Gasteiger partial charge in [-0.15, -0.1) is 11.3 Å². The van der Waals surface area contributed by atoms with Crippen molar-refractivity contribution in [2.45, 2.75) is 46.6 Å². The van der Waals surface area contributed by atoms with E-state index in [4.69, 9.17) is 0 Å². The van der Waals surface area contributed by atoms with Gasteiger partial charge in [0.15, 0.2) is 0 Å². The summed E-state index contributed by atoms with van der Waals surface area (Å²) in [4.78, 5) is 13.7. The predicted octanol–water partition coefficient (Wildman–Crippen LogP) is 5.11. The lowest BCUT2D eigenvalue weighted by Gasteiger charge is -2.19. The van der Waals surface area contributed by atoms with Gasteiger partial charge in [-0.2, -0.15) is 0 Å². The Labute approximate surface area is 153 Å². The highest BCUT2D eigenvalue weighted by Gasteiger charge is 2.18. The highest BCUT2D eigenvalue weighted by atomic mass is 32.1. The van der Waals surface area contributed by atoms with Gasteiger partial charge in [-0.25, -0.2) is 0 Å². The number of aryl methyl sites for hydroxylation is 1. The fourth-order valence-corrected chi connectivity index (χ4v) is 4.03. The second kappa shape index (κ2) is 6.68. The molecule has 4 heteroatoms. The molecular formula is C21H26N2OS. The molecule has 132 valence electrons. The van der Waals surface area contributed by atoms with Crippen LogP contribution in [0.5, 0.6) is 0 Å². The van der Waals surface area contributed by atoms with Crippen molar-refractivity contribution in [3.8, 4) is 0 Å². The fraction of sp³-hybridized carbons (Fsp3) is 0.381. The van der Waals surface area contributed by atoms with E-state index in [1.807, 2.05) is 13.0 Å². The molecule has 0 spiro atoms. The van der Waals surface area contributed by atoms with Gasteiger partial charge >= 0.3 is 0 Å². The number of fused-ring (bicyclic) bond motifs is 1. The molecule has 0 aliphatic rings. The highest BCUT2D eigenvalue weighted by Crippen LogP contribution is 2.30. The molecule has 1 aromatic carbocycles. The van der Waals surface area contributed by atoms with Crippen LogP contribution >= 0.6 is 11.3 Å². The van der Waals surface area contributed by atoms with E-state index in [1.54, 1.807) is 11.3 Å². The number of thiophene rings is 1. The minimum Gasteiger partial charge on any atom is -0.351 e. The van der Waals surface area contributed by atoms with Gasteiger partial charge in [-0.3, -0.25) is 4.79 Å². The van der Waals surface area contributed by atoms with Gasteiger partial charge in [0.25, 0.3) is 5.91 Å². The number of amides is 1. The van der Waals surface area contributed by atoms with Crippen LogP contribution in [0, 0.1) is 6.92 Å². The second-order valence-corrected chi connectivity index (χ2v) is 8.82. The maximum atomic E-state index is 12.5. The van der Waals surface area contributed by atoms with E-state index in [0.29, 0.717) is 13.1 Å². The highest BCUT2D eigenvalue weighted by molar-refractivity contribution is 7.19. The first-order valence-corrected chi connectivity index (χ1v) is 9.58. The first-order valence-electron chi connectivity index (χ1n) is 8.77. The number of aromatic nitrogens is 1. The Morgan fingerprint density at radius 2 is 1.84 bits per heavy atom. The number of nitrogens with zero attached hydrogens (tertiary/aromatic N) is 1. The van der Waals surface area contributed by atoms with Crippen molar-refractivity contribution in [3.05, 3.63) is 58.1 Å². The fourth-order valence-electron chi connectivity index (χ4n) is 3.07. The lowest BCUT2D eigenvalue weighted by molar-refractivity contribution is 0.0947. The summed E-state index contributed by atoms with van der Waals surface area (Å²) in [6.45, 7) is 12.1. The Bertz CT molecular complexity index is 895. The molecule has 0 saturated carbocycles. The number of carbonyl (C=O) groups is 1. The first kappa shape index (κ1) is 17.7. The molecule has 3 aromatic rings. The van der Waals surface area contributed by atoms with Gasteiger partial charge < -0.3 is 9.88 Å². The van der Waals surface area contributed by atoms with Crippen molar-refractivity contribution < 1.29 is 4.79 Å². The predicted molar refractivity (Wildman–Crippen MR) is 107 cm³/mol. The SMILES string of the molecule is CCNC(=O)c1cc2sc(C)cc2n1Cc1ccc(C(C)(C)C)cc1. The summed E-state index contributed by atoms with van der Waals surface area (Å²) < 4.78 is 3.31. The van der Waals surface area contributed by atoms with Crippen LogP contribution in [-0.2, 0) is 12.0 Å². The number of benzene rings is 1. The van der Waals surface area contributed by atoms with Crippen molar-refractivity contribution in [3.63, 3.8) is 0 Å². The van der Waals surface area contributed by atoms with Crippen molar-refractivity contribution in [1.29, 1.82) is 0 Å². The summed E-state index contributed by atoms with van der Waals surface area (Å²) in [7, 11) is 0. The van der Waals surface area contributed by atoms with Crippen LogP contribution < -0.4 is 5.32 Å². The van der Waals surface area contributed by atoms with Crippen LogP contribution in [0.1, 0.15) is 54.2 Å². The van der Waals surface area contributed by atoms with Crippen molar-refractivity contribution in [1.82, 2.24) is 9.88 Å². The number of hydrogen-bond donors (Lipinski definition) is 1. The van der Waals surface area contributed by atoms with Crippen LogP contribution in [0.3, 0.4) is 0 Å². The Morgan fingerprint density at radius 1 is 1.16 bits per heavy atom. The minimum atomic E-state index is -0.00475. The van der Waals surface area contributed by atoms with Crippen molar-refractivity contribution in [2.75, 3.05) is 6.54 Å². The molecule has 0 atom stereocenters. The van der Waals surface area contributed by atoms with Crippen LogP contribution in [-0.4, -0.2) is 17.0 Å². The van der Waals surface area contributed by atoms with E-state index < -0.39 is 0 Å². The molecule has 0 unspecified atom stereocenters. The molecular weight excluding hydrogens is 328 g/mol. The number of carbonyl (C=O) groups excluding carboxylic acids is 1. The molecule has 0 fully saturated rings. The Kier molecular flexibility index (Phi) is 4.74. The smallest absolute Gasteiger partial charge is 0.267 e. The molecule has 0 aliphatic heterocycles. The van der Waals surface area contributed by atoms with Gasteiger partial charge in [0, 0.05) is 18.0 Å². The Morgan fingerprint density at radius 3 is 2.44 bits per heavy atom. The van der Waals surface area contributed by atoms with Crippen molar-refractivity contribution in [2.24, 2.45) is 0 Å². The lowest BCUT2D eigenvalue weighted by Crippen LogP contribution is -2.25. The summed E-state index contributed by atoms with van der Waals surface area (Å²) in [6, 6.07) is 12.9. The Balaban J connectivity index is 1.99. The standard InChI is InChI=1S/C21H26N2OS/c1-6-22-20(24)18-12-19-17(11-14(2)25-19)23(18)13-15-7-9-16(10-8-15)21(3,4)5/h7-12H,6,13H2,1-5H3,(H,22,24). The van der Waals surface area contributed by atoms with E-state index in [1.165, 1.54) is 20.7 Å². The van der Waals surface area contributed by atoms with Crippen LogP contribution in [0.2, 0.25) is 0 Å². The third-order valence-corrected chi connectivity index (χ3v) is 5.43. The molecule has 0 saturated heterocycles. The van der Waals surface area contributed by atoms with Gasteiger partial charge in [0.2, 0.25) is 0 Å². The van der Waals surface area contributed by atoms with Crippen LogP contribution in [0.25, 0.3) is 10.2 Å². The zero-order valence-electron chi connectivity index (χ0n) is 15.6. The molecule has 1 amide bonds. The van der Waals surface area contributed by atoms with E-state index >= 15 is 0 Å². The van der Waals surface area contributed by atoms with E-state index in [-0.39, 0.29) is 11.3 Å². The summed E-state index contributed by atoms with van der Waals surface area (Å²) >= 11 is 1.74. The van der Waals surface area contributed by atoms with Crippen molar-refractivity contribution >= 4 is 27.5 Å². The van der Waals surface area contributed by atoms with E-state index in [0.717, 1.165) is 11.2 Å². The molecule has 1 N–H and O–H groups in total. The molecule has 0 radical (unpaired) electrons. The molecule has 2 aromatic heterocycles. The second-order valence-electron chi connectivity index (χ2n) is 7.53. The number of hydrogen-bond acceptors (Lipinski definition) is 2. The zero-order chi connectivity index (χ0) is 18.2. The van der Waals surface area contributed by atoms with Gasteiger partial charge in [-0.05, 0) is 42.5 Å². The number of rotatable bonds is 4. The van der Waals surface area contributed by atoms with Gasteiger partial charge in [-0.1, -0.05) is 45.0 Å². The molecule has 25 heavy (non-hydrogen) atoms. The number of nitrogens with one attached hydrogen (secondary N) is 1. The maximum Gasteiger partial charge on any atom is 0.267 e. The van der Waals surface area contributed by atoms with Gasteiger partial charge in [0.1, 0.15) is 5.69 Å². The molecule has 2 heterocycles. The summed E-state index contributed by atoms with van der Waals surface area (Å²) in [5, 5.41) is 2.93. The maximum absolute atomic E-state index is 12.5. The normalized spacial score (nSPS) is 11.9. The van der Waals surface area contributed by atoms with Gasteiger partial charge in [0.05, 0.1) is 10.2 Å². The zero-order valence-corrected chi connectivity index (χ0v) is 16.5. The third kappa shape index (κ3) is 3.64. The topological polar surface area (TPSA) is 34.0 Å². The monoisotopic (exact) mass is 354 g/mol. The van der Waals surface area contributed by atoms with Crippen LogP contribution in [0.15, 0.2) is 36.4 Å². The lowest BCUT2D eigenvalue weighted by atomic mass is 9.87. The molecule has 3 rings (SSSR count). The average molecular weight is 355 g/mol. The van der Waals surface area contributed by atoms with E-state index in [9.17, 15) is 4.79 Å². The van der Waals surface area contributed by atoms with E-state index in [2.05, 4.69) is 67.9 Å². The summed E-state index contributed by atoms with van der Waals surface area (Å²) in [5.74, 6) is -0.00475. The summed E-state index contributed by atoms with van der Waals surface area (Å²) in [6.07, 6.45) is 0.